The Bertz CT molecular complexity index is 1210. The van der Waals surface area contributed by atoms with Crippen molar-refractivity contribution < 1.29 is 19.4 Å². The molecule has 4 N–H and O–H groups in total. The molecule has 2 amide bonds. The zero-order valence-electron chi connectivity index (χ0n) is 20.3. The van der Waals surface area contributed by atoms with Crippen molar-refractivity contribution in [2.45, 2.75) is 46.3 Å². The maximum atomic E-state index is 13.2. The predicted molar refractivity (Wildman–Crippen MR) is 131 cm³/mol. The van der Waals surface area contributed by atoms with Crippen LogP contribution in [-0.2, 0) is 24.4 Å². The third kappa shape index (κ3) is 5.53. The van der Waals surface area contributed by atoms with Crippen LogP contribution in [0.5, 0.6) is 0 Å². The normalized spacial score (nSPS) is 14.5. The molecule has 188 valence electrons. The lowest BCUT2D eigenvalue weighted by molar-refractivity contribution is 0.0343. The zero-order valence-corrected chi connectivity index (χ0v) is 20.3. The highest BCUT2D eigenvalue weighted by atomic mass is 16.5. The van der Waals surface area contributed by atoms with E-state index in [1.165, 1.54) is 0 Å². The number of hydrogen-bond acceptors (Lipinski definition) is 7. The third-order valence-electron chi connectivity index (χ3n) is 6.04. The molecule has 0 aliphatic carbocycles. The lowest BCUT2D eigenvalue weighted by Gasteiger charge is -2.27. The Balaban J connectivity index is 1.74. The van der Waals surface area contributed by atoms with Gasteiger partial charge in [-0.25, -0.2) is 4.98 Å². The summed E-state index contributed by atoms with van der Waals surface area (Å²) in [7, 11) is 0. The summed E-state index contributed by atoms with van der Waals surface area (Å²) in [4.78, 5) is 32.3. The van der Waals surface area contributed by atoms with Crippen molar-refractivity contribution in [2.75, 3.05) is 38.2 Å². The van der Waals surface area contributed by atoms with Gasteiger partial charge in [0, 0.05) is 44.9 Å². The van der Waals surface area contributed by atoms with Crippen LogP contribution in [-0.4, -0.2) is 74.1 Å². The van der Waals surface area contributed by atoms with Crippen molar-refractivity contribution >= 4 is 28.8 Å². The number of carbonyl (C=O) groups is 2. The average Bonchev–Trinajstić information content (AvgIpc) is 3.38. The third-order valence-corrected chi connectivity index (χ3v) is 6.04. The van der Waals surface area contributed by atoms with Gasteiger partial charge in [0.2, 0.25) is 11.9 Å². The minimum absolute atomic E-state index is 0.0143. The van der Waals surface area contributed by atoms with Gasteiger partial charge in [-0.3, -0.25) is 24.5 Å². The van der Waals surface area contributed by atoms with E-state index in [1.807, 2.05) is 17.6 Å². The van der Waals surface area contributed by atoms with Crippen LogP contribution in [0.3, 0.4) is 0 Å². The summed E-state index contributed by atoms with van der Waals surface area (Å²) in [5.74, 6) is -0.445. The maximum absolute atomic E-state index is 13.2. The monoisotopic (exact) mass is 483 g/mol. The van der Waals surface area contributed by atoms with Gasteiger partial charge in [-0.2, -0.15) is 5.10 Å². The second-order valence-electron chi connectivity index (χ2n) is 8.77. The molecule has 0 saturated carbocycles. The van der Waals surface area contributed by atoms with Gasteiger partial charge in [0.05, 0.1) is 29.9 Å². The fourth-order valence-electron chi connectivity index (χ4n) is 4.44. The molecule has 11 heteroatoms. The molecule has 0 spiro atoms. The highest BCUT2D eigenvalue weighted by Crippen LogP contribution is 2.27. The van der Waals surface area contributed by atoms with E-state index >= 15 is 0 Å². The van der Waals surface area contributed by atoms with Gasteiger partial charge >= 0.3 is 0 Å². The molecule has 0 bridgehead atoms. The largest absolute Gasteiger partial charge is 0.396 e. The molecule has 0 unspecified atom stereocenters. The van der Waals surface area contributed by atoms with Gasteiger partial charge in [-0.15, -0.1) is 0 Å². The van der Waals surface area contributed by atoms with Crippen molar-refractivity contribution in [3.63, 3.8) is 0 Å². The van der Waals surface area contributed by atoms with Gasteiger partial charge in [-0.1, -0.05) is 6.92 Å². The molecular formula is C24H33N7O4. The molecule has 1 aliphatic heterocycles. The van der Waals surface area contributed by atoms with Crippen LogP contribution in [0.25, 0.3) is 11.0 Å². The molecule has 1 fully saturated rings. The summed E-state index contributed by atoms with van der Waals surface area (Å²) >= 11 is 0. The van der Waals surface area contributed by atoms with Gasteiger partial charge in [0.1, 0.15) is 5.69 Å². The Morgan fingerprint density at radius 3 is 2.66 bits per heavy atom. The number of nitrogens with one attached hydrogen (secondary N) is 1. The highest BCUT2D eigenvalue weighted by molar-refractivity contribution is 6.04. The molecule has 0 radical (unpaired) electrons. The first-order valence-electron chi connectivity index (χ1n) is 12.0. The Morgan fingerprint density at radius 2 is 1.97 bits per heavy atom. The van der Waals surface area contributed by atoms with Crippen molar-refractivity contribution in [2.24, 2.45) is 5.73 Å². The minimum Gasteiger partial charge on any atom is -0.396 e. The average molecular weight is 484 g/mol. The lowest BCUT2D eigenvalue weighted by atomic mass is 10.1. The van der Waals surface area contributed by atoms with Gasteiger partial charge in [0.15, 0.2) is 0 Å². The topological polar surface area (TPSA) is 141 Å². The van der Waals surface area contributed by atoms with E-state index in [1.54, 1.807) is 16.8 Å². The van der Waals surface area contributed by atoms with E-state index in [-0.39, 0.29) is 12.5 Å². The number of aromatic nitrogens is 4. The van der Waals surface area contributed by atoms with Crippen molar-refractivity contribution in [1.29, 1.82) is 0 Å². The van der Waals surface area contributed by atoms with E-state index in [0.717, 1.165) is 30.6 Å². The number of imidazole rings is 1. The number of amides is 2. The van der Waals surface area contributed by atoms with Crippen LogP contribution in [0.1, 0.15) is 51.9 Å². The number of hydrogen-bond donors (Lipinski definition) is 3. The fraction of sp³-hybridized carbons (Fsp3) is 0.500. The number of nitrogens with zero attached hydrogens (tertiary/aromatic N) is 5. The number of aliphatic hydroxyl groups is 1. The van der Waals surface area contributed by atoms with Crippen LogP contribution in [0, 0.1) is 6.92 Å². The van der Waals surface area contributed by atoms with Crippen LogP contribution < -0.4 is 11.1 Å². The smallest absolute Gasteiger partial charge is 0.276 e. The Kier molecular flexibility index (Phi) is 7.79. The summed E-state index contributed by atoms with van der Waals surface area (Å²) < 4.78 is 9.07. The summed E-state index contributed by atoms with van der Waals surface area (Å²) in [5, 5.41) is 16.5. The molecule has 1 aliphatic rings. The maximum Gasteiger partial charge on any atom is 0.276 e. The first-order valence-corrected chi connectivity index (χ1v) is 12.0. The number of primary amides is 1. The molecule has 2 aromatic heterocycles. The molecule has 0 atom stereocenters. The van der Waals surface area contributed by atoms with E-state index < -0.39 is 5.91 Å². The SMILES string of the molecule is CCCn1c(NC(=O)c2cc(C)nn2CCCO)nc2cc(C(N)=O)cc(CN3CCOCC3)c21. The number of rotatable bonds is 10. The van der Waals surface area contributed by atoms with Crippen LogP contribution in [0.2, 0.25) is 0 Å². The Hall–Kier alpha value is -3.28. The van der Waals surface area contributed by atoms with Gasteiger partial charge in [-0.05, 0) is 43.5 Å². The Morgan fingerprint density at radius 1 is 1.20 bits per heavy atom. The number of benzene rings is 1. The first kappa shape index (κ1) is 24.8. The summed E-state index contributed by atoms with van der Waals surface area (Å²) in [6.45, 7) is 8.51. The highest BCUT2D eigenvalue weighted by Gasteiger charge is 2.22. The molecule has 3 heterocycles. The van der Waals surface area contributed by atoms with E-state index in [9.17, 15) is 14.7 Å². The number of aryl methyl sites for hydroxylation is 3. The van der Waals surface area contributed by atoms with E-state index in [0.29, 0.717) is 67.7 Å². The number of fused-ring (bicyclic) bond motifs is 1. The molecule has 1 aromatic carbocycles. The zero-order chi connectivity index (χ0) is 24.9. The summed E-state index contributed by atoms with van der Waals surface area (Å²) in [6, 6.07) is 5.22. The number of morpholine rings is 1. The number of ether oxygens (including phenoxy) is 1. The van der Waals surface area contributed by atoms with Gasteiger partial charge < -0.3 is 20.1 Å². The first-order chi connectivity index (χ1) is 16.9. The number of nitrogens with two attached hydrogens (primary N) is 1. The van der Waals surface area contributed by atoms with Crippen molar-refractivity contribution in [1.82, 2.24) is 24.2 Å². The number of aliphatic hydroxyl groups excluding tert-OH is 1. The predicted octanol–water partition coefficient (Wildman–Crippen LogP) is 1.52. The van der Waals surface area contributed by atoms with E-state index in [4.69, 9.17) is 15.5 Å². The van der Waals surface area contributed by atoms with Crippen LogP contribution in [0.4, 0.5) is 5.95 Å². The van der Waals surface area contributed by atoms with Crippen LogP contribution >= 0.6 is 0 Å². The van der Waals surface area contributed by atoms with E-state index in [2.05, 4.69) is 22.2 Å². The van der Waals surface area contributed by atoms with Crippen molar-refractivity contribution in [3.05, 3.63) is 40.7 Å². The summed E-state index contributed by atoms with van der Waals surface area (Å²) in [5.41, 5.74) is 9.55. The number of anilines is 1. The minimum atomic E-state index is -0.519. The van der Waals surface area contributed by atoms with Crippen molar-refractivity contribution in [3.8, 4) is 0 Å². The molecule has 4 rings (SSSR count). The second kappa shape index (κ2) is 11.0. The molecule has 35 heavy (non-hydrogen) atoms. The second-order valence-corrected chi connectivity index (χ2v) is 8.77. The summed E-state index contributed by atoms with van der Waals surface area (Å²) in [6.07, 6.45) is 1.33. The number of carbonyl (C=O) groups excluding carboxylic acids is 2. The Labute approximate surface area is 203 Å². The molecular weight excluding hydrogens is 450 g/mol. The fourth-order valence-corrected chi connectivity index (χ4v) is 4.44. The van der Waals surface area contributed by atoms with Gasteiger partial charge in [0.25, 0.3) is 5.91 Å². The molecule has 11 nitrogen and oxygen atoms in total. The quantitative estimate of drug-likeness (QED) is 0.397. The lowest BCUT2D eigenvalue weighted by Crippen LogP contribution is -2.35. The molecule has 1 saturated heterocycles. The molecule has 3 aromatic rings. The van der Waals surface area contributed by atoms with Crippen LogP contribution in [0.15, 0.2) is 18.2 Å². The standard InChI is InChI=1S/C24H33N7O4/c1-3-5-30-21-18(15-29-7-10-35-11-8-29)13-17(22(25)33)14-19(21)26-24(30)27-23(34)20-12-16(2)28-31(20)6-4-9-32/h12-14,32H,3-11,15H2,1-2H3,(H2,25,33)(H,26,27,34).